The second kappa shape index (κ2) is 10.9. The first-order valence-corrected chi connectivity index (χ1v) is 6.39. The standard InChI is InChI=1S/C12H25N3O.2ClH/c1-3-15-7-5-4-6-11(15)9-14-12(16)8-10(2)13;;/h10-11H,3-9,13H2,1-2H3,(H,14,16);2*1H. The van der Waals surface area contributed by atoms with Crippen molar-refractivity contribution in [3.8, 4) is 0 Å². The average Bonchev–Trinajstić information content (AvgIpc) is 2.26. The van der Waals surface area contributed by atoms with E-state index < -0.39 is 0 Å². The van der Waals surface area contributed by atoms with Crippen LogP contribution in [0.25, 0.3) is 0 Å². The summed E-state index contributed by atoms with van der Waals surface area (Å²) in [6.45, 7) is 7.07. The lowest BCUT2D eigenvalue weighted by molar-refractivity contribution is -0.121. The van der Waals surface area contributed by atoms with E-state index in [1.54, 1.807) is 0 Å². The van der Waals surface area contributed by atoms with Crippen LogP contribution in [-0.4, -0.2) is 42.5 Å². The first-order valence-electron chi connectivity index (χ1n) is 6.39. The van der Waals surface area contributed by atoms with E-state index in [0.29, 0.717) is 12.5 Å². The predicted molar refractivity (Wildman–Crippen MR) is 80.7 cm³/mol. The van der Waals surface area contributed by atoms with Gasteiger partial charge in [-0.05, 0) is 32.9 Å². The maximum atomic E-state index is 11.5. The predicted octanol–water partition coefficient (Wildman–Crippen LogP) is 1.56. The number of piperidine rings is 1. The Morgan fingerprint density at radius 1 is 1.44 bits per heavy atom. The zero-order chi connectivity index (χ0) is 12.0. The molecule has 4 nitrogen and oxygen atoms in total. The number of likely N-dealkylation sites (tertiary alicyclic amines) is 1. The maximum Gasteiger partial charge on any atom is 0.221 e. The highest BCUT2D eigenvalue weighted by molar-refractivity contribution is 5.85. The molecule has 0 aromatic carbocycles. The summed E-state index contributed by atoms with van der Waals surface area (Å²) in [6, 6.07) is 0.476. The number of hydrogen-bond acceptors (Lipinski definition) is 3. The van der Waals surface area contributed by atoms with E-state index in [9.17, 15) is 4.79 Å². The highest BCUT2D eigenvalue weighted by Gasteiger charge is 2.21. The van der Waals surface area contributed by atoms with Gasteiger partial charge in [0.05, 0.1) is 0 Å². The Balaban J connectivity index is 0. The van der Waals surface area contributed by atoms with Gasteiger partial charge >= 0.3 is 0 Å². The fourth-order valence-corrected chi connectivity index (χ4v) is 2.30. The average molecular weight is 300 g/mol. The maximum absolute atomic E-state index is 11.5. The molecule has 0 aromatic rings. The number of nitrogens with one attached hydrogen (secondary N) is 1. The Morgan fingerprint density at radius 3 is 2.67 bits per heavy atom. The minimum atomic E-state index is -0.0476. The van der Waals surface area contributed by atoms with E-state index in [4.69, 9.17) is 5.73 Å². The second-order valence-electron chi connectivity index (χ2n) is 4.76. The van der Waals surface area contributed by atoms with Gasteiger partial charge in [0.25, 0.3) is 0 Å². The van der Waals surface area contributed by atoms with Crippen molar-refractivity contribution in [1.29, 1.82) is 0 Å². The molecule has 0 aliphatic carbocycles. The van der Waals surface area contributed by atoms with Crippen LogP contribution in [0.4, 0.5) is 0 Å². The number of rotatable bonds is 5. The molecule has 2 unspecified atom stereocenters. The number of likely N-dealkylation sites (N-methyl/N-ethyl adjacent to an activating group) is 1. The summed E-state index contributed by atoms with van der Waals surface area (Å²) >= 11 is 0. The van der Waals surface area contributed by atoms with Crippen LogP contribution in [0, 0.1) is 0 Å². The van der Waals surface area contributed by atoms with Gasteiger partial charge in [0.1, 0.15) is 0 Å². The van der Waals surface area contributed by atoms with Gasteiger partial charge in [0.2, 0.25) is 5.91 Å². The third-order valence-corrected chi connectivity index (χ3v) is 3.20. The summed E-state index contributed by atoms with van der Waals surface area (Å²) in [7, 11) is 0. The fourth-order valence-electron chi connectivity index (χ4n) is 2.30. The highest BCUT2D eigenvalue weighted by Crippen LogP contribution is 2.15. The zero-order valence-corrected chi connectivity index (χ0v) is 13.0. The van der Waals surface area contributed by atoms with Crippen molar-refractivity contribution in [3.63, 3.8) is 0 Å². The van der Waals surface area contributed by atoms with Gasteiger partial charge < -0.3 is 11.1 Å². The molecule has 0 bridgehead atoms. The van der Waals surface area contributed by atoms with E-state index in [1.807, 2.05) is 6.92 Å². The summed E-state index contributed by atoms with van der Waals surface area (Å²) in [5.41, 5.74) is 5.58. The van der Waals surface area contributed by atoms with Crippen LogP contribution in [0.3, 0.4) is 0 Å². The zero-order valence-electron chi connectivity index (χ0n) is 11.4. The Hall–Kier alpha value is -0.0300. The van der Waals surface area contributed by atoms with Gasteiger partial charge in [0.15, 0.2) is 0 Å². The monoisotopic (exact) mass is 299 g/mol. The van der Waals surface area contributed by atoms with Crippen LogP contribution in [0.15, 0.2) is 0 Å². The molecule has 18 heavy (non-hydrogen) atoms. The molecule has 1 aliphatic heterocycles. The van der Waals surface area contributed by atoms with Crippen LogP contribution in [-0.2, 0) is 4.79 Å². The molecule has 1 heterocycles. The summed E-state index contributed by atoms with van der Waals surface area (Å²) in [4.78, 5) is 13.9. The van der Waals surface area contributed by atoms with Crippen LogP contribution in [0.2, 0.25) is 0 Å². The van der Waals surface area contributed by atoms with E-state index in [1.165, 1.54) is 25.8 Å². The largest absolute Gasteiger partial charge is 0.354 e. The molecule has 0 aromatic heterocycles. The molecule has 1 fully saturated rings. The van der Waals surface area contributed by atoms with Crippen molar-refractivity contribution in [2.24, 2.45) is 5.73 Å². The number of nitrogens with two attached hydrogens (primary N) is 1. The van der Waals surface area contributed by atoms with Crippen LogP contribution >= 0.6 is 24.8 Å². The molecule has 1 amide bonds. The molecule has 0 spiro atoms. The first-order chi connectivity index (χ1) is 7.63. The number of halogens is 2. The van der Waals surface area contributed by atoms with Crippen molar-refractivity contribution in [1.82, 2.24) is 10.2 Å². The van der Waals surface area contributed by atoms with Crippen molar-refractivity contribution in [2.75, 3.05) is 19.6 Å². The van der Waals surface area contributed by atoms with Crippen LogP contribution in [0.1, 0.15) is 39.5 Å². The Labute approximate surface area is 123 Å². The summed E-state index contributed by atoms with van der Waals surface area (Å²) < 4.78 is 0. The third-order valence-electron chi connectivity index (χ3n) is 3.20. The van der Waals surface area contributed by atoms with E-state index in [0.717, 1.165) is 13.1 Å². The van der Waals surface area contributed by atoms with Crippen molar-refractivity contribution in [3.05, 3.63) is 0 Å². The van der Waals surface area contributed by atoms with E-state index in [-0.39, 0.29) is 36.8 Å². The minimum Gasteiger partial charge on any atom is -0.354 e. The van der Waals surface area contributed by atoms with Crippen molar-refractivity contribution in [2.45, 2.75) is 51.6 Å². The van der Waals surface area contributed by atoms with E-state index >= 15 is 0 Å². The molecule has 0 saturated carbocycles. The molecule has 1 saturated heterocycles. The van der Waals surface area contributed by atoms with Crippen LogP contribution < -0.4 is 11.1 Å². The molecule has 1 aliphatic rings. The lowest BCUT2D eigenvalue weighted by Crippen LogP contribution is -2.46. The van der Waals surface area contributed by atoms with Gasteiger partial charge in [-0.3, -0.25) is 9.69 Å². The normalized spacial score (nSPS) is 21.4. The molecular formula is C12H27Cl2N3O. The van der Waals surface area contributed by atoms with Crippen LogP contribution in [0.5, 0.6) is 0 Å². The SMILES string of the molecule is CCN1CCCCC1CNC(=O)CC(C)N.Cl.Cl. The summed E-state index contributed by atoms with van der Waals surface area (Å²) in [5, 5.41) is 2.99. The molecule has 110 valence electrons. The molecular weight excluding hydrogens is 273 g/mol. The molecule has 3 N–H and O–H groups in total. The number of amides is 1. The molecule has 2 atom stereocenters. The summed E-state index contributed by atoms with van der Waals surface area (Å²) in [6.07, 6.45) is 4.20. The highest BCUT2D eigenvalue weighted by atomic mass is 35.5. The van der Waals surface area contributed by atoms with E-state index in [2.05, 4.69) is 17.1 Å². The third kappa shape index (κ3) is 7.41. The molecule has 0 radical (unpaired) electrons. The Kier molecular flexibility index (Phi) is 12.2. The van der Waals surface area contributed by atoms with Gasteiger partial charge in [-0.2, -0.15) is 0 Å². The number of carbonyl (C=O) groups is 1. The quantitative estimate of drug-likeness (QED) is 0.810. The topological polar surface area (TPSA) is 58.4 Å². The molecule has 6 heteroatoms. The summed E-state index contributed by atoms with van der Waals surface area (Å²) in [5.74, 6) is 0.0802. The lowest BCUT2D eigenvalue weighted by Gasteiger charge is -2.34. The van der Waals surface area contributed by atoms with Gasteiger partial charge in [-0.15, -0.1) is 24.8 Å². The van der Waals surface area contributed by atoms with Crippen molar-refractivity contribution < 1.29 is 4.79 Å². The smallest absolute Gasteiger partial charge is 0.221 e. The number of hydrogen-bond donors (Lipinski definition) is 2. The van der Waals surface area contributed by atoms with Gasteiger partial charge in [0, 0.05) is 25.0 Å². The van der Waals surface area contributed by atoms with Crippen molar-refractivity contribution >= 4 is 30.7 Å². The lowest BCUT2D eigenvalue weighted by atomic mass is 10.0. The second-order valence-corrected chi connectivity index (χ2v) is 4.76. The minimum absolute atomic E-state index is 0. The van der Waals surface area contributed by atoms with Gasteiger partial charge in [-0.25, -0.2) is 0 Å². The fraction of sp³-hybridized carbons (Fsp3) is 0.917. The first kappa shape index (κ1) is 20.3. The Bertz CT molecular complexity index is 227. The number of nitrogens with zero attached hydrogens (tertiary/aromatic N) is 1. The number of carbonyl (C=O) groups excluding carboxylic acids is 1. The molecule has 1 rings (SSSR count). The van der Waals surface area contributed by atoms with Gasteiger partial charge in [-0.1, -0.05) is 13.3 Å². The Morgan fingerprint density at radius 2 is 2.11 bits per heavy atom.